The summed E-state index contributed by atoms with van der Waals surface area (Å²) in [5.74, 6) is 0.677. The molecule has 0 bridgehead atoms. The number of ether oxygens (including phenoxy) is 1. The van der Waals surface area contributed by atoms with E-state index in [1.54, 1.807) is 10.7 Å². The highest BCUT2D eigenvalue weighted by Gasteiger charge is 2.36. The first-order valence-corrected chi connectivity index (χ1v) is 11.5. The summed E-state index contributed by atoms with van der Waals surface area (Å²) in [5.41, 5.74) is 3.05. The lowest BCUT2D eigenvalue weighted by Crippen LogP contribution is -2.63. The zero-order chi connectivity index (χ0) is 22.4. The van der Waals surface area contributed by atoms with Crippen LogP contribution < -0.4 is 4.90 Å². The number of halogens is 2. The fourth-order valence-corrected chi connectivity index (χ4v) is 4.92. The lowest BCUT2D eigenvalue weighted by molar-refractivity contribution is -0.0677. The number of fused-ring (bicyclic) bond motifs is 1. The molecule has 2 fully saturated rings. The Bertz CT molecular complexity index is 1130. The highest BCUT2D eigenvalue weighted by Crippen LogP contribution is 2.31. The maximum absolute atomic E-state index is 9.39. The van der Waals surface area contributed by atoms with Crippen LogP contribution in [-0.4, -0.2) is 86.5 Å². The van der Waals surface area contributed by atoms with E-state index in [4.69, 9.17) is 32.9 Å². The minimum Gasteiger partial charge on any atom is -0.394 e. The van der Waals surface area contributed by atoms with E-state index in [1.165, 1.54) is 0 Å². The molecule has 11 heteroatoms. The molecule has 4 heterocycles. The summed E-state index contributed by atoms with van der Waals surface area (Å²) in [6.45, 7) is 7.95. The van der Waals surface area contributed by atoms with Gasteiger partial charge < -0.3 is 14.7 Å². The number of anilines is 1. The summed E-state index contributed by atoms with van der Waals surface area (Å²) in [4.78, 5) is 14.0. The Labute approximate surface area is 195 Å². The fraction of sp³-hybridized carbons (Fsp3) is 0.524. The SMILES string of the molecule is Cc1nc(N2CC(N3CCO[C@H](CO)C3)C2)nc2c1nnn2[C@H](C)c1ccc(Cl)cc1Cl. The predicted octanol–water partition coefficient (Wildman–Crippen LogP) is 2.33. The van der Waals surface area contributed by atoms with Gasteiger partial charge in [-0.1, -0.05) is 34.5 Å². The van der Waals surface area contributed by atoms with E-state index in [1.807, 2.05) is 26.0 Å². The van der Waals surface area contributed by atoms with Crippen LogP contribution in [0.2, 0.25) is 10.0 Å². The Hall–Kier alpha value is -2.04. The Morgan fingerprint density at radius 2 is 2.03 bits per heavy atom. The zero-order valence-corrected chi connectivity index (χ0v) is 19.5. The molecule has 2 aliphatic rings. The topological polar surface area (TPSA) is 92.4 Å². The number of aryl methyl sites for hydroxylation is 1. The molecule has 0 amide bonds. The second-order valence-corrected chi connectivity index (χ2v) is 9.23. The maximum Gasteiger partial charge on any atom is 0.227 e. The highest BCUT2D eigenvalue weighted by molar-refractivity contribution is 6.35. The Morgan fingerprint density at radius 3 is 2.78 bits per heavy atom. The van der Waals surface area contributed by atoms with Gasteiger partial charge in [0.2, 0.25) is 5.95 Å². The molecule has 0 spiro atoms. The van der Waals surface area contributed by atoms with Crippen LogP contribution in [0.25, 0.3) is 11.2 Å². The second-order valence-electron chi connectivity index (χ2n) is 8.39. The summed E-state index contributed by atoms with van der Waals surface area (Å²) in [6, 6.07) is 5.69. The number of rotatable bonds is 5. The van der Waals surface area contributed by atoms with E-state index in [-0.39, 0.29) is 18.8 Å². The van der Waals surface area contributed by atoms with Gasteiger partial charge >= 0.3 is 0 Å². The van der Waals surface area contributed by atoms with Crippen LogP contribution in [0.15, 0.2) is 18.2 Å². The molecule has 1 aromatic carbocycles. The van der Waals surface area contributed by atoms with E-state index in [9.17, 15) is 5.11 Å². The van der Waals surface area contributed by atoms with E-state index < -0.39 is 0 Å². The van der Waals surface area contributed by atoms with Crippen molar-refractivity contribution in [1.82, 2.24) is 29.9 Å². The number of aromatic nitrogens is 5. The molecule has 2 aromatic heterocycles. The molecular formula is C21H25Cl2N7O2. The van der Waals surface area contributed by atoms with Crippen molar-refractivity contribution in [3.63, 3.8) is 0 Å². The molecule has 0 radical (unpaired) electrons. The largest absolute Gasteiger partial charge is 0.394 e. The van der Waals surface area contributed by atoms with E-state index in [2.05, 4.69) is 25.1 Å². The highest BCUT2D eigenvalue weighted by atomic mass is 35.5. The summed E-state index contributed by atoms with van der Waals surface area (Å²) in [5, 5.41) is 19.2. The van der Waals surface area contributed by atoms with Crippen molar-refractivity contribution in [3.05, 3.63) is 39.5 Å². The normalized spacial score (nSPS) is 21.2. The molecular weight excluding hydrogens is 453 g/mol. The summed E-state index contributed by atoms with van der Waals surface area (Å²) < 4.78 is 7.35. The van der Waals surface area contributed by atoms with Crippen molar-refractivity contribution in [2.75, 3.05) is 44.3 Å². The zero-order valence-electron chi connectivity index (χ0n) is 17.9. The average Bonchev–Trinajstić information content (AvgIpc) is 3.17. The van der Waals surface area contributed by atoms with Crippen molar-refractivity contribution in [1.29, 1.82) is 0 Å². The first kappa shape index (κ1) is 21.8. The number of aliphatic hydroxyl groups excluding tert-OH is 1. The minimum atomic E-state index is -0.167. The van der Waals surface area contributed by atoms with Crippen molar-refractivity contribution < 1.29 is 9.84 Å². The molecule has 2 aliphatic heterocycles. The number of benzene rings is 1. The molecule has 2 atom stereocenters. The Kier molecular flexibility index (Phi) is 5.94. The molecule has 9 nitrogen and oxygen atoms in total. The van der Waals surface area contributed by atoms with Crippen molar-refractivity contribution in [2.24, 2.45) is 0 Å². The number of morpholine rings is 1. The van der Waals surface area contributed by atoms with Gasteiger partial charge in [-0.25, -0.2) is 9.67 Å². The molecule has 1 N–H and O–H groups in total. The quantitative estimate of drug-likeness (QED) is 0.598. The van der Waals surface area contributed by atoms with Crippen LogP contribution in [0, 0.1) is 6.92 Å². The Balaban J connectivity index is 1.38. The van der Waals surface area contributed by atoms with Crippen LogP contribution >= 0.6 is 23.2 Å². The van der Waals surface area contributed by atoms with Crippen molar-refractivity contribution in [3.8, 4) is 0 Å². The van der Waals surface area contributed by atoms with Gasteiger partial charge in [0.15, 0.2) is 11.2 Å². The van der Waals surface area contributed by atoms with Crippen LogP contribution in [0.4, 0.5) is 5.95 Å². The van der Waals surface area contributed by atoms with E-state index >= 15 is 0 Å². The third-order valence-electron chi connectivity index (χ3n) is 6.30. The van der Waals surface area contributed by atoms with Crippen molar-refractivity contribution in [2.45, 2.75) is 32.0 Å². The number of hydrogen-bond donors (Lipinski definition) is 1. The van der Waals surface area contributed by atoms with Gasteiger partial charge in [0.1, 0.15) is 0 Å². The average molecular weight is 478 g/mol. The number of aliphatic hydroxyl groups is 1. The lowest BCUT2D eigenvalue weighted by Gasteiger charge is -2.47. The van der Waals surface area contributed by atoms with Gasteiger partial charge in [-0.2, -0.15) is 4.98 Å². The third-order valence-corrected chi connectivity index (χ3v) is 6.86. The standard InChI is InChI=1S/C21H25Cl2N7O2/c1-12-19-20(30(27-26-19)13(2)17-4-3-14(22)7-18(17)23)25-21(24-12)29-8-15(9-29)28-5-6-32-16(10-28)11-31/h3-4,7,13,15-16,31H,5-6,8-11H2,1-2H3/t13-,16+/m1/s1. The molecule has 170 valence electrons. The van der Waals surface area contributed by atoms with Crippen LogP contribution in [-0.2, 0) is 4.74 Å². The fourth-order valence-electron chi connectivity index (χ4n) is 4.36. The van der Waals surface area contributed by atoms with Crippen LogP contribution in [0.3, 0.4) is 0 Å². The van der Waals surface area contributed by atoms with Gasteiger partial charge in [0.25, 0.3) is 0 Å². The van der Waals surface area contributed by atoms with Gasteiger partial charge in [0, 0.05) is 42.3 Å². The van der Waals surface area contributed by atoms with Crippen LogP contribution in [0.1, 0.15) is 24.2 Å². The second kappa shape index (κ2) is 8.72. The van der Waals surface area contributed by atoms with Crippen molar-refractivity contribution >= 4 is 40.3 Å². The molecule has 2 saturated heterocycles. The first-order chi connectivity index (χ1) is 15.4. The number of nitrogens with zero attached hydrogens (tertiary/aromatic N) is 7. The molecule has 32 heavy (non-hydrogen) atoms. The molecule has 3 aromatic rings. The smallest absolute Gasteiger partial charge is 0.227 e. The predicted molar refractivity (Wildman–Crippen MR) is 123 cm³/mol. The lowest BCUT2D eigenvalue weighted by atomic mass is 10.1. The third kappa shape index (κ3) is 3.92. The minimum absolute atomic E-state index is 0.0543. The Morgan fingerprint density at radius 1 is 1.22 bits per heavy atom. The van der Waals surface area contributed by atoms with Gasteiger partial charge in [-0.15, -0.1) is 5.10 Å². The monoisotopic (exact) mass is 477 g/mol. The molecule has 5 rings (SSSR count). The van der Waals surface area contributed by atoms with Gasteiger partial charge in [-0.3, -0.25) is 4.90 Å². The van der Waals surface area contributed by atoms with Gasteiger partial charge in [-0.05, 0) is 31.5 Å². The van der Waals surface area contributed by atoms with E-state index in [0.717, 1.165) is 37.4 Å². The van der Waals surface area contributed by atoms with Gasteiger partial charge in [0.05, 0.1) is 31.1 Å². The first-order valence-electron chi connectivity index (χ1n) is 10.7. The summed E-state index contributed by atoms with van der Waals surface area (Å²) >= 11 is 12.5. The van der Waals surface area contributed by atoms with Crippen LogP contribution in [0.5, 0.6) is 0 Å². The molecule has 0 saturated carbocycles. The molecule has 0 unspecified atom stereocenters. The molecule has 0 aliphatic carbocycles. The summed E-state index contributed by atoms with van der Waals surface area (Å²) in [6.07, 6.45) is -0.103. The number of hydrogen-bond acceptors (Lipinski definition) is 8. The summed E-state index contributed by atoms with van der Waals surface area (Å²) in [7, 11) is 0. The maximum atomic E-state index is 9.39. The van der Waals surface area contributed by atoms with E-state index in [0.29, 0.717) is 39.8 Å².